The maximum Gasteiger partial charge on any atom is 0.160 e. The topological polar surface area (TPSA) is 38.7 Å². The van der Waals surface area contributed by atoms with E-state index in [1.807, 2.05) is 48.7 Å². The van der Waals surface area contributed by atoms with Crippen molar-refractivity contribution in [3.8, 4) is 45.0 Å². The van der Waals surface area contributed by atoms with Crippen molar-refractivity contribution in [2.75, 3.05) is 0 Å². The van der Waals surface area contributed by atoms with Gasteiger partial charge in [0.05, 0.1) is 16.9 Å². The van der Waals surface area contributed by atoms with Crippen molar-refractivity contribution in [1.82, 2.24) is 15.0 Å². The smallest absolute Gasteiger partial charge is 0.160 e. The third kappa shape index (κ3) is 4.00. The lowest BCUT2D eigenvalue weighted by Gasteiger charge is -2.11. The number of pyridine rings is 1. The lowest BCUT2D eigenvalue weighted by atomic mass is 9.96. The summed E-state index contributed by atoms with van der Waals surface area (Å²) in [5, 5.41) is 3.51. The summed E-state index contributed by atoms with van der Waals surface area (Å²) in [6, 6.07) is 46.0. The van der Waals surface area contributed by atoms with Gasteiger partial charge in [0, 0.05) is 33.7 Å². The second-order valence-corrected chi connectivity index (χ2v) is 9.31. The van der Waals surface area contributed by atoms with Crippen LogP contribution in [0.1, 0.15) is 0 Å². The number of nitrogens with zero attached hydrogens (tertiary/aromatic N) is 3. The Bertz CT molecular complexity index is 1840. The summed E-state index contributed by atoms with van der Waals surface area (Å²) < 4.78 is 0. The zero-order chi connectivity index (χ0) is 25.3. The minimum absolute atomic E-state index is 0.713. The van der Waals surface area contributed by atoms with E-state index in [1.165, 1.54) is 10.9 Å². The van der Waals surface area contributed by atoms with E-state index in [4.69, 9.17) is 9.97 Å². The van der Waals surface area contributed by atoms with Crippen LogP contribution >= 0.6 is 0 Å². The van der Waals surface area contributed by atoms with Crippen LogP contribution in [0.15, 0.2) is 140 Å². The van der Waals surface area contributed by atoms with Crippen molar-refractivity contribution in [3.05, 3.63) is 140 Å². The van der Waals surface area contributed by atoms with Gasteiger partial charge < -0.3 is 0 Å². The average molecular weight is 486 g/mol. The molecule has 5 aromatic carbocycles. The fraction of sp³-hybridized carbons (Fsp3) is 0. The van der Waals surface area contributed by atoms with E-state index in [1.54, 1.807) is 0 Å². The van der Waals surface area contributed by atoms with Crippen LogP contribution in [0.25, 0.3) is 66.7 Å². The van der Waals surface area contributed by atoms with Crippen molar-refractivity contribution < 1.29 is 0 Å². The van der Waals surface area contributed by atoms with Crippen LogP contribution in [-0.4, -0.2) is 15.0 Å². The molecule has 0 radical (unpaired) electrons. The van der Waals surface area contributed by atoms with Gasteiger partial charge in [-0.2, -0.15) is 0 Å². The number of fused-ring (bicyclic) bond motifs is 3. The zero-order valence-corrected chi connectivity index (χ0v) is 20.6. The van der Waals surface area contributed by atoms with Gasteiger partial charge >= 0.3 is 0 Å². The van der Waals surface area contributed by atoms with E-state index in [0.29, 0.717) is 5.82 Å². The molecule has 0 aliphatic carbocycles. The molecule has 0 aliphatic rings. The Morgan fingerprint density at radius 2 is 1.08 bits per heavy atom. The first kappa shape index (κ1) is 22.1. The quantitative estimate of drug-likeness (QED) is 0.234. The van der Waals surface area contributed by atoms with Crippen molar-refractivity contribution in [2.24, 2.45) is 0 Å². The van der Waals surface area contributed by atoms with Gasteiger partial charge in [0.15, 0.2) is 5.82 Å². The second-order valence-electron chi connectivity index (χ2n) is 9.31. The normalized spacial score (nSPS) is 11.2. The van der Waals surface area contributed by atoms with E-state index in [-0.39, 0.29) is 0 Å². The lowest BCUT2D eigenvalue weighted by Crippen LogP contribution is -1.96. The van der Waals surface area contributed by atoms with Crippen LogP contribution in [0.2, 0.25) is 0 Å². The largest absolute Gasteiger partial charge is 0.256 e. The molecule has 0 saturated carbocycles. The monoisotopic (exact) mass is 485 g/mol. The van der Waals surface area contributed by atoms with Crippen molar-refractivity contribution in [2.45, 2.75) is 0 Å². The molecule has 7 rings (SSSR count). The molecule has 0 unspecified atom stereocenters. The molecule has 0 aliphatic heterocycles. The van der Waals surface area contributed by atoms with E-state index in [2.05, 4.69) is 96.0 Å². The molecule has 7 aromatic rings. The summed E-state index contributed by atoms with van der Waals surface area (Å²) in [5.41, 5.74) is 8.31. The van der Waals surface area contributed by atoms with Gasteiger partial charge in [0.2, 0.25) is 0 Å². The molecule has 0 amide bonds. The Kier molecular flexibility index (Phi) is 5.45. The maximum absolute atomic E-state index is 4.97. The van der Waals surface area contributed by atoms with E-state index < -0.39 is 0 Å². The first-order valence-electron chi connectivity index (χ1n) is 12.7. The van der Waals surface area contributed by atoms with Crippen molar-refractivity contribution in [1.29, 1.82) is 0 Å². The Labute approximate surface area is 221 Å². The molecule has 0 fully saturated rings. The molecular weight excluding hydrogens is 462 g/mol. The third-order valence-electron chi connectivity index (χ3n) is 6.95. The first-order valence-corrected chi connectivity index (χ1v) is 12.7. The number of hydrogen-bond acceptors (Lipinski definition) is 3. The summed E-state index contributed by atoms with van der Waals surface area (Å²) in [6.45, 7) is 0. The summed E-state index contributed by atoms with van der Waals surface area (Å²) in [7, 11) is 0. The molecule has 3 nitrogen and oxygen atoms in total. The molecule has 0 atom stereocenters. The molecule has 2 heterocycles. The standard InChI is InChI=1S/C35H23N3/c1-3-9-25(10-4-1)32-23-33(26-11-5-2-6-12-26)38-35(37-32)28-18-16-24(17-19-28)29-14-7-15-31-30(29)21-20-27-13-8-22-36-34(27)31/h1-23H. The van der Waals surface area contributed by atoms with Gasteiger partial charge in [-0.3, -0.25) is 4.98 Å². The van der Waals surface area contributed by atoms with Gasteiger partial charge in [0.25, 0.3) is 0 Å². The van der Waals surface area contributed by atoms with Gasteiger partial charge in [-0.15, -0.1) is 0 Å². The van der Waals surface area contributed by atoms with E-state index >= 15 is 0 Å². The van der Waals surface area contributed by atoms with E-state index in [0.717, 1.165) is 49.9 Å². The van der Waals surface area contributed by atoms with Gasteiger partial charge in [-0.25, -0.2) is 9.97 Å². The van der Waals surface area contributed by atoms with Crippen LogP contribution in [-0.2, 0) is 0 Å². The fourth-order valence-corrected chi connectivity index (χ4v) is 5.04. The molecule has 3 heteroatoms. The molecule has 0 N–H and O–H groups in total. The molecule has 38 heavy (non-hydrogen) atoms. The summed E-state index contributed by atoms with van der Waals surface area (Å²) in [5.74, 6) is 0.713. The average Bonchev–Trinajstić information content (AvgIpc) is 3.01. The van der Waals surface area contributed by atoms with Crippen LogP contribution in [0, 0.1) is 0 Å². The molecule has 178 valence electrons. The minimum atomic E-state index is 0.713. The Hall–Kier alpha value is -5.15. The lowest BCUT2D eigenvalue weighted by molar-refractivity contribution is 1.18. The maximum atomic E-state index is 4.97. The minimum Gasteiger partial charge on any atom is -0.256 e. The highest BCUT2D eigenvalue weighted by Crippen LogP contribution is 2.34. The fourth-order valence-electron chi connectivity index (χ4n) is 5.04. The predicted molar refractivity (Wildman–Crippen MR) is 157 cm³/mol. The number of benzene rings is 5. The SMILES string of the molecule is c1ccc(-c2cc(-c3ccccc3)nc(-c3ccc(-c4cccc5c4ccc4cccnc45)cc3)n2)cc1. The summed E-state index contributed by atoms with van der Waals surface area (Å²) in [6.07, 6.45) is 1.86. The van der Waals surface area contributed by atoms with Crippen LogP contribution in [0.5, 0.6) is 0 Å². The van der Waals surface area contributed by atoms with Crippen LogP contribution < -0.4 is 0 Å². The first-order chi connectivity index (χ1) is 18.8. The molecular formula is C35H23N3. The third-order valence-corrected chi connectivity index (χ3v) is 6.95. The van der Waals surface area contributed by atoms with Crippen LogP contribution in [0.4, 0.5) is 0 Å². The summed E-state index contributed by atoms with van der Waals surface area (Å²) >= 11 is 0. The highest BCUT2D eigenvalue weighted by atomic mass is 14.9. The highest BCUT2D eigenvalue weighted by Gasteiger charge is 2.12. The summed E-state index contributed by atoms with van der Waals surface area (Å²) in [4.78, 5) is 14.6. The number of aromatic nitrogens is 3. The van der Waals surface area contributed by atoms with Gasteiger partial charge in [0.1, 0.15) is 0 Å². The van der Waals surface area contributed by atoms with Crippen LogP contribution in [0.3, 0.4) is 0 Å². The van der Waals surface area contributed by atoms with Crippen molar-refractivity contribution >= 4 is 21.7 Å². The van der Waals surface area contributed by atoms with Gasteiger partial charge in [-0.1, -0.05) is 121 Å². The highest BCUT2D eigenvalue weighted by molar-refractivity contribution is 6.10. The number of hydrogen-bond donors (Lipinski definition) is 0. The second kappa shape index (κ2) is 9.38. The predicted octanol–water partition coefficient (Wildman–Crippen LogP) is 8.85. The van der Waals surface area contributed by atoms with Gasteiger partial charge in [-0.05, 0) is 28.6 Å². The Balaban J connectivity index is 1.33. The Morgan fingerprint density at radius 1 is 0.421 bits per heavy atom. The van der Waals surface area contributed by atoms with E-state index in [9.17, 15) is 0 Å². The Morgan fingerprint density at radius 3 is 1.76 bits per heavy atom. The molecule has 2 aromatic heterocycles. The molecule has 0 spiro atoms. The zero-order valence-electron chi connectivity index (χ0n) is 20.6. The number of rotatable bonds is 4. The molecule has 0 saturated heterocycles. The van der Waals surface area contributed by atoms with Crippen molar-refractivity contribution in [3.63, 3.8) is 0 Å². The molecule has 0 bridgehead atoms.